The van der Waals surface area contributed by atoms with E-state index in [4.69, 9.17) is 0 Å². The van der Waals surface area contributed by atoms with Gasteiger partial charge in [0.1, 0.15) is 0 Å². The summed E-state index contributed by atoms with van der Waals surface area (Å²) in [5.41, 5.74) is 20.0. The molecule has 2 aliphatic carbocycles. The summed E-state index contributed by atoms with van der Waals surface area (Å²) in [6, 6.07) is 54.9. The monoisotopic (exact) mass is 822 g/mol. The molecule has 0 amide bonds. The zero-order chi connectivity index (χ0) is 42.6. The van der Waals surface area contributed by atoms with Gasteiger partial charge < -0.3 is 9.80 Å². The Morgan fingerprint density at radius 2 is 1.34 bits per heavy atom. The van der Waals surface area contributed by atoms with Crippen molar-refractivity contribution in [1.82, 2.24) is 0 Å². The van der Waals surface area contributed by atoms with E-state index in [2.05, 4.69) is 210 Å². The minimum Gasteiger partial charge on any atom is -0.341 e. The first-order valence-electron chi connectivity index (χ1n) is 23.1. The molecule has 1 atom stereocenters. The van der Waals surface area contributed by atoms with Gasteiger partial charge >= 0.3 is 0 Å². The third kappa shape index (κ3) is 6.01. The lowest BCUT2D eigenvalue weighted by Gasteiger charge is -2.37. The molecule has 0 radical (unpaired) electrons. The molecule has 0 bridgehead atoms. The van der Waals surface area contributed by atoms with Crippen molar-refractivity contribution in [3.63, 3.8) is 0 Å². The number of fused-ring (bicyclic) bond motifs is 3. The zero-order valence-electron chi connectivity index (χ0n) is 36.2. The van der Waals surface area contributed by atoms with E-state index in [1.54, 1.807) is 0 Å². The molecule has 2 aliphatic heterocycles. The molecular formula is C62H50N2. The largest absolute Gasteiger partial charge is 0.341 e. The summed E-state index contributed by atoms with van der Waals surface area (Å²) < 4.78 is 0. The molecule has 4 aliphatic rings. The molecule has 1 unspecified atom stereocenters. The van der Waals surface area contributed by atoms with E-state index in [1.165, 1.54) is 105 Å². The maximum atomic E-state index is 4.26. The average molecular weight is 823 g/mol. The number of hydrogen-bond acceptors (Lipinski definition) is 2. The number of anilines is 4. The maximum Gasteiger partial charge on any atom is 0.0677 e. The third-order valence-corrected chi connectivity index (χ3v) is 14.4. The lowest BCUT2D eigenvalue weighted by molar-refractivity contribution is 0.720. The Balaban J connectivity index is 0.976. The van der Waals surface area contributed by atoms with Crippen LogP contribution >= 0.6 is 0 Å². The zero-order valence-corrected chi connectivity index (χ0v) is 36.2. The molecule has 2 nitrogen and oxygen atoms in total. The van der Waals surface area contributed by atoms with Crippen molar-refractivity contribution < 1.29 is 0 Å². The van der Waals surface area contributed by atoms with Gasteiger partial charge in [-0.05, 0) is 158 Å². The smallest absolute Gasteiger partial charge is 0.0677 e. The van der Waals surface area contributed by atoms with Crippen LogP contribution < -0.4 is 9.80 Å². The van der Waals surface area contributed by atoms with E-state index < -0.39 is 5.41 Å². The molecule has 0 saturated heterocycles. The quantitative estimate of drug-likeness (QED) is 0.111. The molecule has 0 spiro atoms. The Labute approximate surface area is 376 Å². The predicted molar refractivity (Wildman–Crippen MR) is 273 cm³/mol. The topological polar surface area (TPSA) is 6.48 Å². The minimum absolute atomic E-state index is 0.501. The number of allylic oxidation sites excluding steroid dienone is 9. The summed E-state index contributed by atoms with van der Waals surface area (Å²) in [5.74, 6) is 0. The number of hydrogen-bond donors (Lipinski definition) is 0. The van der Waals surface area contributed by atoms with Crippen LogP contribution in [0.25, 0.3) is 44.0 Å². The van der Waals surface area contributed by atoms with Crippen LogP contribution in [0, 0.1) is 0 Å². The predicted octanol–water partition coefficient (Wildman–Crippen LogP) is 15.7. The molecule has 0 saturated carbocycles. The van der Waals surface area contributed by atoms with Crippen LogP contribution in [0.15, 0.2) is 212 Å². The number of para-hydroxylation sites is 2. The van der Waals surface area contributed by atoms with Gasteiger partial charge in [0.15, 0.2) is 0 Å². The molecule has 0 N–H and O–H groups in total. The van der Waals surface area contributed by atoms with E-state index in [0.717, 1.165) is 51.6 Å². The van der Waals surface area contributed by atoms with Gasteiger partial charge in [-0.3, -0.25) is 0 Å². The van der Waals surface area contributed by atoms with Gasteiger partial charge in [0.2, 0.25) is 0 Å². The van der Waals surface area contributed by atoms with Gasteiger partial charge in [0.25, 0.3) is 0 Å². The fourth-order valence-electron chi connectivity index (χ4n) is 11.7. The van der Waals surface area contributed by atoms with E-state index in [0.29, 0.717) is 0 Å². The normalized spacial score (nSPS) is 19.3. The number of aryl methyl sites for hydroxylation is 2. The Morgan fingerprint density at radius 3 is 2.11 bits per heavy atom. The van der Waals surface area contributed by atoms with Crippen molar-refractivity contribution in [1.29, 1.82) is 0 Å². The average Bonchev–Trinajstić information content (AvgIpc) is 3.63. The van der Waals surface area contributed by atoms with Gasteiger partial charge in [-0.15, -0.1) is 5.73 Å². The lowest BCUT2D eigenvalue weighted by atomic mass is 9.65. The second-order valence-corrected chi connectivity index (χ2v) is 17.8. The van der Waals surface area contributed by atoms with Crippen LogP contribution in [-0.2, 0) is 18.3 Å². The molecule has 0 fully saturated rings. The van der Waals surface area contributed by atoms with Crippen molar-refractivity contribution in [2.75, 3.05) is 22.9 Å². The molecule has 0 aromatic heterocycles. The highest BCUT2D eigenvalue weighted by Crippen LogP contribution is 2.59. The van der Waals surface area contributed by atoms with Crippen LogP contribution in [0.4, 0.5) is 22.7 Å². The molecular weight excluding hydrogens is 773 g/mol. The Bertz CT molecular complexity index is 3350. The van der Waals surface area contributed by atoms with E-state index in [-0.39, 0.29) is 0 Å². The summed E-state index contributed by atoms with van der Waals surface area (Å²) in [6.07, 6.45) is 24.2. The third-order valence-electron chi connectivity index (χ3n) is 14.4. The van der Waals surface area contributed by atoms with E-state index in [1.807, 2.05) is 6.08 Å². The number of rotatable bonds is 8. The van der Waals surface area contributed by atoms with Crippen molar-refractivity contribution in [2.24, 2.45) is 0 Å². The number of benzene rings is 8. The maximum absolute atomic E-state index is 4.26. The lowest BCUT2D eigenvalue weighted by Crippen LogP contribution is -2.31. The fraction of sp³-hybridized carbons (Fsp3) is 0.145. The van der Waals surface area contributed by atoms with Crippen LogP contribution in [-0.4, -0.2) is 13.1 Å². The second kappa shape index (κ2) is 15.8. The Morgan fingerprint density at radius 1 is 0.656 bits per heavy atom. The van der Waals surface area contributed by atoms with Gasteiger partial charge in [0.05, 0.1) is 5.41 Å². The Hall–Kier alpha value is -7.38. The fourth-order valence-corrected chi connectivity index (χ4v) is 11.7. The van der Waals surface area contributed by atoms with Crippen LogP contribution in [0.2, 0.25) is 0 Å². The molecule has 8 aromatic rings. The standard InChI is InChI=1S/C62H50N2/c1-2-17-52-53-38-35-50(63-40-15-21-44-19-10-13-28-57(44)63)42-56(53)62(48-23-5-3-6-24-48,49-25-7-4-8-26-49)55(52)27-12-9-18-43-30-31-46-33-37-54-59(39-34-47-32-36-51(43)60(46)61(47)54)64-41-16-22-45-20-11-14-29-58(45)64/h2-3,5-11,13-14,17-20,23-25,27-39,42H,1,12,15-16,21-22,26,40-41H2/b18-9+,52-17-,55-27+. The van der Waals surface area contributed by atoms with Crippen LogP contribution in [0.5, 0.6) is 0 Å². The van der Waals surface area contributed by atoms with Crippen LogP contribution in [0.1, 0.15) is 59.1 Å². The summed E-state index contributed by atoms with van der Waals surface area (Å²) in [4.78, 5) is 5.09. The van der Waals surface area contributed by atoms with E-state index in [9.17, 15) is 0 Å². The summed E-state index contributed by atoms with van der Waals surface area (Å²) in [7, 11) is 0. The molecule has 2 heterocycles. The molecule has 308 valence electrons. The molecule has 2 heteroatoms. The Kier molecular flexibility index (Phi) is 9.43. The number of nitrogens with zero attached hydrogens (tertiary/aromatic N) is 2. The van der Waals surface area contributed by atoms with Gasteiger partial charge in [-0.2, -0.15) is 0 Å². The van der Waals surface area contributed by atoms with Gasteiger partial charge in [0, 0.05) is 41.2 Å². The first kappa shape index (κ1) is 38.3. The minimum atomic E-state index is -0.501. The SMILES string of the molecule is C=C/C=C1\C(=C/C/C=C/c2ccc3ccc4c(N5CCCc6ccccc65)ccc5ccc2c3c54)C(C2=CC=C=CC2)(c2ccccc2)c2cc(N3CCCc4ccccc43)ccc21. The van der Waals surface area contributed by atoms with Crippen LogP contribution in [0.3, 0.4) is 0 Å². The van der Waals surface area contributed by atoms with Crippen molar-refractivity contribution >= 4 is 66.7 Å². The highest BCUT2D eigenvalue weighted by molar-refractivity contribution is 6.26. The first-order valence-corrected chi connectivity index (χ1v) is 23.1. The molecule has 12 rings (SSSR count). The first-order chi connectivity index (χ1) is 31.7. The van der Waals surface area contributed by atoms with Gasteiger partial charge in [-0.25, -0.2) is 0 Å². The van der Waals surface area contributed by atoms with Crippen molar-refractivity contribution in [2.45, 2.75) is 43.9 Å². The van der Waals surface area contributed by atoms with Crippen molar-refractivity contribution in [3.05, 3.63) is 245 Å². The van der Waals surface area contributed by atoms with E-state index >= 15 is 0 Å². The highest BCUT2D eigenvalue weighted by atomic mass is 15.1. The highest BCUT2D eigenvalue weighted by Gasteiger charge is 2.49. The molecule has 64 heavy (non-hydrogen) atoms. The second-order valence-electron chi connectivity index (χ2n) is 17.8. The summed E-state index contributed by atoms with van der Waals surface area (Å²) in [6.45, 7) is 6.29. The summed E-state index contributed by atoms with van der Waals surface area (Å²) >= 11 is 0. The summed E-state index contributed by atoms with van der Waals surface area (Å²) in [5, 5.41) is 7.92. The van der Waals surface area contributed by atoms with Crippen molar-refractivity contribution in [3.8, 4) is 0 Å². The molecule has 8 aromatic carbocycles. The van der Waals surface area contributed by atoms with Gasteiger partial charge in [-0.1, -0.05) is 158 Å².